The lowest BCUT2D eigenvalue weighted by molar-refractivity contribution is 0.923. The van der Waals surface area contributed by atoms with Crippen molar-refractivity contribution in [2.45, 2.75) is 12.8 Å². The molecule has 0 spiro atoms. The van der Waals surface area contributed by atoms with Crippen molar-refractivity contribution in [3.63, 3.8) is 0 Å². The van der Waals surface area contributed by atoms with E-state index in [-0.39, 0.29) is 5.92 Å². The number of benzene rings is 2. The first-order valence-corrected chi connectivity index (χ1v) is 6.34. The van der Waals surface area contributed by atoms with Gasteiger partial charge >= 0.3 is 0 Å². The minimum absolute atomic E-state index is 0.182. The zero-order valence-electron chi connectivity index (χ0n) is 9.95. The van der Waals surface area contributed by atoms with Gasteiger partial charge in [0, 0.05) is 5.92 Å². The maximum absolute atomic E-state index is 6.03. The molecule has 0 radical (unpaired) electrons. The number of anilines is 2. The molecule has 0 saturated heterocycles. The molecule has 0 unspecified atom stereocenters. The lowest BCUT2D eigenvalue weighted by atomic mass is 9.93. The molecule has 94 valence electrons. The van der Waals surface area contributed by atoms with Crippen molar-refractivity contribution in [2.75, 3.05) is 11.5 Å². The van der Waals surface area contributed by atoms with Gasteiger partial charge in [-0.05, 0) is 35.4 Å². The fourth-order valence-corrected chi connectivity index (χ4v) is 2.20. The third-order valence-corrected chi connectivity index (χ3v) is 3.70. The van der Waals surface area contributed by atoms with Crippen LogP contribution >= 0.6 is 23.2 Å². The van der Waals surface area contributed by atoms with Gasteiger partial charge in [-0.15, -0.1) is 0 Å². The molecule has 0 fully saturated rings. The van der Waals surface area contributed by atoms with Crippen LogP contribution in [0.1, 0.15) is 24.0 Å². The fourth-order valence-electron chi connectivity index (χ4n) is 1.82. The van der Waals surface area contributed by atoms with E-state index in [2.05, 4.69) is 6.92 Å². The minimum Gasteiger partial charge on any atom is -0.398 e. The Labute approximate surface area is 117 Å². The third kappa shape index (κ3) is 2.55. The summed E-state index contributed by atoms with van der Waals surface area (Å²) in [4.78, 5) is 0. The highest BCUT2D eigenvalue weighted by molar-refractivity contribution is 6.33. The summed E-state index contributed by atoms with van der Waals surface area (Å²) in [6, 6.07) is 11.3. The predicted molar refractivity (Wildman–Crippen MR) is 79.2 cm³/mol. The first kappa shape index (κ1) is 13.1. The van der Waals surface area contributed by atoms with Crippen LogP contribution in [0, 0.1) is 0 Å². The summed E-state index contributed by atoms with van der Waals surface area (Å²) in [5, 5.41) is 1.14. The molecule has 0 bridgehead atoms. The van der Waals surface area contributed by atoms with Crippen LogP contribution in [0.3, 0.4) is 0 Å². The Morgan fingerprint density at radius 2 is 1.22 bits per heavy atom. The van der Waals surface area contributed by atoms with Crippen molar-refractivity contribution in [3.05, 3.63) is 57.6 Å². The average molecular weight is 281 g/mol. The molecule has 2 aromatic rings. The molecule has 0 heterocycles. The van der Waals surface area contributed by atoms with Gasteiger partial charge in [0.25, 0.3) is 0 Å². The number of hydrogen-bond donors (Lipinski definition) is 2. The van der Waals surface area contributed by atoms with Crippen molar-refractivity contribution in [1.29, 1.82) is 0 Å². The Morgan fingerprint density at radius 1 is 0.833 bits per heavy atom. The van der Waals surface area contributed by atoms with Gasteiger partial charge in [-0.1, -0.05) is 42.3 Å². The molecular weight excluding hydrogens is 267 g/mol. The molecule has 18 heavy (non-hydrogen) atoms. The van der Waals surface area contributed by atoms with Gasteiger partial charge < -0.3 is 11.5 Å². The normalized spacial score (nSPS) is 10.9. The topological polar surface area (TPSA) is 52.0 Å². The van der Waals surface area contributed by atoms with Gasteiger partial charge in [-0.2, -0.15) is 0 Å². The van der Waals surface area contributed by atoms with Crippen molar-refractivity contribution in [1.82, 2.24) is 0 Å². The highest BCUT2D eigenvalue weighted by atomic mass is 35.5. The van der Waals surface area contributed by atoms with Crippen LogP contribution in [0.15, 0.2) is 36.4 Å². The van der Waals surface area contributed by atoms with Crippen LogP contribution < -0.4 is 11.5 Å². The summed E-state index contributed by atoms with van der Waals surface area (Å²) in [5.41, 5.74) is 14.8. The molecule has 0 aliphatic heterocycles. The molecule has 2 nitrogen and oxygen atoms in total. The number of halogens is 2. The molecule has 0 amide bonds. The van der Waals surface area contributed by atoms with E-state index in [0.29, 0.717) is 21.4 Å². The third-order valence-electron chi connectivity index (χ3n) is 3.05. The number of nitrogen functional groups attached to an aromatic ring is 2. The van der Waals surface area contributed by atoms with Crippen molar-refractivity contribution in [2.24, 2.45) is 0 Å². The van der Waals surface area contributed by atoms with Gasteiger partial charge in [0.1, 0.15) is 0 Å². The van der Waals surface area contributed by atoms with E-state index in [4.69, 9.17) is 34.7 Å². The largest absolute Gasteiger partial charge is 0.398 e. The highest BCUT2D eigenvalue weighted by Gasteiger charge is 2.11. The molecule has 0 atom stereocenters. The van der Waals surface area contributed by atoms with Crippen LogP contribution in [-0.4, -0.2) is 0 Å². The summed E-state index contributed by atoms with van der Waals surface area (Å²) in [6.45, 7) is 2.09. The van der Waals surface area contributed by atoms with Crippen LogP contribution in [0.25, 0.3) is 0 Å². The molecular formula is C14H14Cl2N2. The van der Waals surface area contributed by atoms with Gasteiger partial charge in [0.15, 0.2) is 0 Å². The van der Waals surface area contributed by atoms with Gasteiger partial charge in [0.05, 0.1) is 21.4 Å². The zero-order chi connectivity index (χ0) is 13.3. The first-order chi connectivity index (χ1) is 8.49. The lowest BCUT2D eigenvalue weighted by Crippen LogP contribution is -1.98. The average Bonchev–Trinajstić information content (AvgIpc) is 2.35. The Balaban J connectivity index is 2.37. The molecule has 0 aliphatic carbocycles. The van der Waals surface area contributed by atoms with Crippen molar-refractivity contribution >= 4 is 34.6 Å². The monoisotopic (exact) mass is 280 g/mol. The maximum Gasteiger partial charge on any atom is 0.0638 e. The molecule has 4 N–H and O–H groups in total. The Kier molecular flexibility index (Phi) is 3.69. The molecule has 0 saturated carbocycles. The summed E-state index contributed by atoms with van der Waals surface area (Å²) < 4.78 is 0. The molecule has 2 aromatic carbocycles. The number of hydrogen-bond acceptors (Lipinski definition) is 2. The van der Waals surface area contributed by atoms with Gasteiger partial charge in [-0.3, -0.25) is 0 Å². The van der Waals surface area contributed by atoms with Gasteiger partial charge in [-0.25, -0.2) is 0 Å². The second-order valence-corrected chi connectivity index (χ2v) is 5.10. The molecule has 0 aliphatic rings. The predicted octanol–water partition coefficient (Wildman–Crippen LogP) is 4.31. The molecule has 0 aromatic heterocycles. The van der Waals surface area contributed by atoms with E-state index in [0.717, 1.165) is 11.1 Å². The van der Waals surface area contributed by atoms with Crippen LogP contribution in [-0.2, 0) is 0 Å². The quantitative estimate of drug-likeness (QED) is 0.806. The fraction of sp³-hybridized carbons (Fsp3) is 0.143. The van der Waals surface area contributed by atoms with E-state index in [1.165, 1.54) is 0 Å². The highest BCUT2D eigenvalue weighted by Crippen LogP contribution is 2.31. The van der Waals surface area contributed by atoms with E-state index in [1.807, 2.05) is 36.4 Å². The van der Waals surface area contributed by atoms with E-state index in [9.17, 15) is 0 Å². The summed E-state index contributed by atoms with van der Waals surface area (Å²) >= 11 is 12.1. The van der Waals surface area contributed by atoms with Crippen molar-refractivity contribution in [3.8, 4) is 0 Å². The van der Waals surface area contributed by atoms with Gasteiger partial charge in [0.2, 0.25) is 0 Å². The zero-order valence-corrected chi connectivity index (χ0v) is 11.5. The van der Waals surface area contributed by atoms with Crippen molar-refractivity contribution < 1.29 is 0 Å². The second kappa shape index (κ2) is 5.09. The number of rotatable bonds is 2. The summed E-state index contributed by atoms with van der Waals surface area (Å²) in [6.07, 6.45) is 0. The Morgan fingerprint density at radius 3 is 1.56 bits per heavy atom. The van der Waals surface area contributed by atoms with Crippen LogP contribution in [0.2, 0.25) is 10.0 Å². The maximum atomic E-state index is 6.03. The first-order valence-electron chi connectivity index (χ1n) is 5.59. The van der Waals surface area contributed by atoms with E-state index in [1.54, 1.807) is 0 Å². The standard InChI is InChI=1S/C14H14Cl2N2/c1-8(9-2-4-13(17)11(15)6-9)10-3-5-14(18)12(16)7-10/h2-8H,17-18H2,1H3. The summed E-state index contributed by atoms with van der Waals surface area (Å²) in [7, 11) is 0. The van der Waals surface area contributed by atoms with E-state index >= 15 is 0 Å². The minimum atomic E-state index is 0.182. The smallest absolute Gasteiger partial charge is 0.0638 e. The number of nitrogens with two attached hydrogens (primary N) is 2. The summed E-state index contributed by atoms with van der Waals surface area (Å²) in [5.74, 6) is 0.182. The molecule has 4 heteroatoms. The SMILES string of the molecule is CC(c1ccc(N)c(Cl)c1)c1ccc(N)c(Cl)c1. The molecule has 2 rings (SSSR count). The second-order valence-electron chi connectivity index (χ2n) is 4.28. The van der Waals surface area contributed by atoms with E-state index < -0.39 is 0 Å². The Bertz CT molecular complexity index is 531. The van der Waals surface area contributed by atoms with Crippen LogP contribution in [0.5, 0.6) is 0 Å². The lowest BCUT2D eigenvalue weighted by Gasteiger charge is -2.14. The van der Waals surface area contributed by atoms with Crippen LogP contribution in [0.4, 0.5) is 11.4 Å². The Hall–Kier alpha value is -1.38.